The van der Waals surface area contributed by atoms with Crippen LogP contribution in [0.5, 0.6) is 0 Å². The Kier molecular flexibility index (Phi) is 4.41. The fourth-order valence-corrected chi connectivity index (χ4v) is 1.88. The first kappa shape index (κ1) is 13.4. The summed E-state index contributed by atoms with van der Waals surface area (Å²) in [4.78, 5) is 9.06. The molecule has 0 saturated carbocycles. The fraction of sp³-hybridized carbons (Fsp3) is 0.214. The van der Waals surface area contributed by atoms with Crippen molar-refractivity contribution in [3.63, 3.8) is 0 Å². The van der Waals surface area contributed by atoms with E-state index in [0.717, 1.165) is 35.7 Å². The summed E-state index contributed by atoms with van der Waals surface area (Å²) in [6.07, 6.45) is 2.64. The number of nitrogens with zero attached hydrogens (tertiary/aromatic N) is 2. The second kappa shape index (κ2) is 6.24. The molecule has 2 aromatic heterocycles. The average Bonchev–Trinajstić information content (AvgIpc) is 2.39. The Bertz CT molecular complexity index is 569. The molecule has 0 aliphatic heterocycles. The number of nitrogens with one attached hydrogen (secondary N) is 1. The van der Waals surface area contributed by atoms with E-state index in [-0.39, 0.29) is 0 Å². The number of hydrogen-bond acceptors (Lipinski definition) is 4. The second-order valence-corrected chi connectivity index (χ2v) is 4.68. The van der Waals surface area contributed by atoms with E-state index in [1.54, 1.807) is 6.20 Å². The summed E-state index contributed by atoms with van der Waals surface area (Å²) < 4.78 is 0. The van der Waals surface area contributed by atoms with Crippen molar-refractivity contribution in [2.24, 2.45) is 5.73 Å². The summed E-state index contributed by atoms with van der Waals surface area (Å²) in [7, 11) is 0. The van der Waals surface area contributed by atoms with E-state index in [4.69, 9.17) is 18.0 Å². The van der Waals surface area contributed by atoms with Gasteiger partial charge in [-0.15, -0.1) is 0 Å². The van der Waals surface area contributed by atoms with Crippen LogP contribution < -0.4 is 11.1 Å². The van der Waals surface area contributed by atoms with Gasteiger partial charge in [0.25, 0.3) is 0 Å². The Morgan fingerprint density at radius 3 is 2.89 bits per heavy atom. The molecule has 0 unspecified atom stereocenters. The first-order chi connectivity index (χ1) is 9.15. The lowest BCUT2D eigenvalue weighted by atomic mass is 10.2. The zero-order valence-corrected chi connectivity index (χ0v) is 11.6. The highest BCUT2D eigenvalue weighted by atomic mass is 32.1. The summed E-state index contributed by atoms with van der Waals surface area (Å²) in [5.74, 6) is 0.790. The van der Waals surface area contributed by atoms with Gasteiger partial charge in [-0.1, -0.05) is 18.3 Å². The maximum absolute atomic E-state index is 5.64. The third-order valence-corrected chi connectivity index (χ3v) is 2.89. The van der Waals surface area contributed by atoms with Gasteiger partial charge in [-0.05, 0) is 31.2 Å². The first-order valence-electron chi connectivity index (χ1n) is 6.07. The molecule has 0 atom stereocenters. The number of nitrogens with two attached hydrogens (primary N) is 1. The lowest BCUT2D eigenvalue weighted by Crippen LogP contribution is -2.12. The number of hydrogen-bond donors (Lipinski definition) is 2. The third kappa shape index (κ3) is 3.99. The molecule has 19 heavy (non-hydrogen) atoms. The Hall–Kier alpha value is -2.01. The van der Waals surface area contributed by atoms with Crippen LogP contribution in [0.2, 0.25) is 0 Å². The third-order valence-electron chi connectivity index (χ3n) is 2.65. The predicted molar refractivity (Wildman–Crippen MR) is 81.3 cm³/mol. The van der Waals surface area contributed by atoms with E-state index in [9.17, 15) is 0 Å². The number of anilines is 1. The van der Waals surface area contributed by atoms with Crippen molar-refractivity contribution in [2.75, 3.05) is 11.9 Å². The molecular weight excluding hydrogens is 256 g/mol. The molecule has 0 aliphatic rings. The van der Waals surface area contributed by atoms with Gasteiger partial charge in [-0.2, -0.15) is 0 Å². The zero-order valence-electron chi connectivity index (χ0n) is 10.8. The van der Waals surface area contributed by atoms with E-state index in [1.165, 1.54) is 0 Å². The van der Waals surface area contributed by atoms with Crippen molar-refractivity contribution in [3.8, 4) is 0 Å². The minimum Gasteiger partial charge on any atom is -0.389 e. The van der Waals surface area contributed by atoms with Gasteiger partial charge in [0.15, 0.2) is 0 Å². The molecule has 0 saturated heterocycles. The molecule has 0 bridgehead atoms. The largest absolute Gasteiger partial charge is 0.389 e. The highest BCUT2D eigenvalue weighted by Gasteiger charge is 2.02. The number of rotatable bonds is 5. The van der Waals surface area contributed by atoms with Crippen LogP contribution >= 0.6 is 12.2 Å². The Balaban J connectivity index is 1.98. The summed E-state index contributed by atoms with van der Waals surface area (Å²) in [6.45, 7) is 2.69. The van der Waals surface area contributed by atoms with Crippen molar-refractivity contribution >= 4 is 23.0 Å². The standard InChI is InChI=1S/C14H16N4S/c1-10-8-11(14(15)19)9-13(18-10)17-7-5-12-4-2-3-6-16-12/h2-4,6,8-9H,5,7H2,1H3,(H2,15,19)(H,17,18). The molecule has 0 aromatic carbocycles. The van der Waals surface area contributed by atoms with Gasteiger partial charge < -0.3 is 11.1 Å². The number of aromatic nitrogens is 2. The molecular formula is C14H16N4S. The van der Waals surface area contributed by atoms with E-state index >= 15 is 0 Å². The number of aryl methyl sites for hydroxylation is 1. The van der Waals surface area contributed by atoms with E-state index in [0.29, 0.717) is 4.99 Å². The predicted octanol–water partition coefficient (Wildman–Crippen LogP) is 2.07. The van der Waals surface area contributed by atoms with Gasteiger partial charge in [0.2, 0.25) is 0 Å². The van der Waals surface area contributed by atoms with Crippen molar-refractivity contribution in [1.29, 1.82) is 0 Å². The van der Waals surface area contributed by atoms with Gasteiger partial charge in [0.1, 0.15) is 10.8 Å². The fourth-order valence-electron chi connectivity index (χ4n) is 1.77. The first-order valence-corrected chi connectivity index (χ1v) is 6.48. The molecule has 2 rings (SSSR count). The minimum atomic E-state index is 0.387. The number of thiocarbonyl (C=S) groups is 1. The quantitative estimate of drug-likeness (QED) is 0.816. The monoisotopic (exact) mass is 272 g/mol. The van der Waals surface area contributed by atoms with Crippen LogP contribution in [0.1, 0.15) is 17.0 Å². The topological polar surface area (TPSA) is 63.8 Å². The molecule has 0 spiro atoms. The van der Waals surface area contributed by atoms with Gasteiger partial charge in [0, 0.05) is 36.1 Å². The lowest BCUT2D eigenvalue weighted by Gasteiger charge is -2.08. The molecule has 0 fully saturated rings. The summed E-state index contributed by atoms with van der Waals surface area (Å²) in [5, 5.41) is 3.26. The summed E-state index contributed by atoms with van der Waals surface area (Å²) in [5.41, 5.74) is 8.42. The highest BCUT2D eigenvalue weighted by molar-refractivity contribution is 7.80. The molecule has 4 nitrogen and oxygen atoms in total. The average molecular weight is 272 g/mol. The van der Waals surface area contributed by atoms with Crippen LogP contribution in [-0.2, 0) is 6.42 Å². The van der Waals surface area contributed by atoms with Gasteiger partial charge >= 0.3 is 0 Å². The summed E-state index contributed by atoms with van der Waals surface area (Å²) in [6, 6.07) is 9.65. The van der Waals surface area contributed by atoms with Crippen LogP contribution in [0.4, 0.5) is 5.82 Å². The Labute approximate surface area is 118 Å². The van der Waals surface area contributed by atoms with Crippen molar-refractivity contribution in [2.45, 2.75) is 13.3 Å². The van der Waals surface area contributed by atoms with Gasteiger partial charge in [0.05, 0.1) is 0 Å². The van der Waals surface area contributed by atoms with Crippen LogP contribution in [-0.4, -0.2) is 21.5 Å². The van der Waals surface area contributed by atoms with Crippen LogP contribution in [0.25, 0.3) is 0 Å². The van der Waals surface area contributed by atoms with E-state index < -0.39 is 0 Å². The molecule has 0 radical (unpaired) electrons. The molecule has 0 aliphatic carbocycles. The van der Waals surface area contributed by atoms with Gasteiger partial charge in [-0.25, -0.2) is 4.98 Å². The molecule has 2 aromatic rings. The molecule has 0 amide bonds. The van der Waals surface area contributed by atoms with Crippen molar-refractivity contribution in [1.82, 2.24) is 9.97 Å². The van der Waals surface area contributed by atoms with Crippen LogP contribution in [0.15, 0.2) is 36.5 Å². The molecule has 2 heterocycles. The lowest BCUT2D eigenvalue weighted by molar-refractivity contribution is 0.951. The maximum Gasteiger partial charge on any atom is 0.126 e. The maximum atomic E-state index is 5.64. The minimum absolute atomic E-state index is 0.387. The van der Waals surface area contributed by atoms with Crippen molar-refractivity contribution in [3.05, 3.63) is 53.5 Å². The highest BCUT2D eigenvalue weighted by Crippen LogP contribution is 2.10. The molecule has 98 valence electrons. The second-order valence-electron chi connectivity index (χ2n) is 4.24. The van der Waals surface area contributed by atoms with Crippen molar-refractivity contribution < 1.29 is 0 Å². The Morgan fingerprint density at radius 2 is 2.21 bits per heavy atom. The Morgan fingerprint density at radius 1 is 1.37 bits per heavy atom. The van der Waals surface area contributed by atoms with E-state index in [1.807, 2.05) is 37.3 Å². The molecule has 3 N–H and O–H groups in total. The normalized spacial score (nSPS) is 10.2. The zero-order chi connectivity index (χ0) is 13.7. The van der Waals surface area contributed by atoms with Gasteiger partial charge in [-0.3, -0.25) is 4.98 Å². The number of pyridine rings is 2. The van der Waals surface area contributed by atoms with Crippen LogP contribution in [0, 0.1) is 6.92 Å². The summed E-state index contributed by atoms with van der Waals surface area (Å²) >= 11 is 4.98. The van der Waals surface area contributed by atoms with Crippen LogP contribution in [0.3, 0.4) is 0 Å². The molecule has 5 heteroatoms. The smallest absolute Gasteiger partial charge is 0.126 e. The van der Waals surface area contributed by atoms with E-state index in [2.05, 4.69) is 15.3 Å². The SMILES string of the molecule is Cc1cc(C(N)=S)cc(NCCc2ccccn2)n1.